The first kappa shape index (κ1) is 11.6. The van der Waals surface area contributed by atoms with Crippen LogP contribution in [0.5, 0.6) is 0 Å². The third kappa shape index (κ3) is 2.52. The Labute approximate surface area is 112 Å². The molecule has 92 valence electrons. The smallest absolute Gasteiger partial charge is 0.140 e. The molecule has 0 radical (unpaired) electrons. The third-order valence-corrected chi connectivity index (χ3v) is 3.11. The van der Waals surface area contributed by atoms with Gasteiger partial charge in [-0.05, 0) is 17.2 Å². The molecule has 2 nitrogen and oxygen atoms in total. The molecule has 2 heteroatoms. The lowest BCUT2D eigenvalue weighted by Gasteiger charge is -2.16. The summed E-state index contributed by atoms with van der Waals surface area (Å²) in [5.74, 6) is 0.920. The fraction of sp³-hybridized carbons (Fsp3) is 0.0588. The van der Waals surface area contributed by atoms with Crippen molar-refractivity contribution in [1.29, 1.82) is 0 Å². The van der Waals surface area contributed by atoms with E-state index in [1.165, 1.54) is 11.1 Å². The zero-order valence-electron chi connectivity index (χ0n) is 10.5. The van der Waals surface area contributed by atoms with Gasteiger partial charge in [-0.15, -0.1) is 0 Å². The van der Waals surface area contributed by atoms with Crippen molar-refractivity contribution in [2.75, 3.05) is 0 Å². The summed E-state index contributed by atoms with van der Waals surface area (Å²) in [7, 11) is 0. The van der Waals surface area contributed by atoms with Crippen molar-refractivity contribution < 1.29 is 0 Å². The molecule has 0 bridgehead atoms. The quantitative estimate of drug-likeness (QED) is 0.705. The second-order valence-corrected chi connectivity index (χ2v) is 4.36. The first-order valence-corrected chi connectivity index (χ1v) is 6.32. The van der Waals surface area contributed by atoms with Crippen LogP contribution >= 0.6 is 0 Å². The van der Waals surface area contributed by atoms with Crippen molar-refractivity contribution in [2.24, 2.45) is 0 Å². The van der Waals surface area contributed by atoms with E-state index in [1.54, 1.807) is 12.4 Å². The highest BCUT2D eigenvalue weighted by Gasteiger charge is 2.18. The first-order valence-electron chi connectivity index (χ1n) is 6.32. The molecule has 3 rings (SSSR count). The second-order valence-electron chi connectivity index (χ2n) is 4.36. The van der Waals surface area contributed by atoms with Crippen LogP contribution in [0.25, 0.3) is 0 Å². The maximum atomic E-state index is 4.42. The van der Waals surface area contributed by atoms with E-state index in [2.05, 4.69) is 34.2 Å². The lowest BCUT2D eigenvalue weighted by atomic mass is 9.90. The summed E-state index contributed by atoms with van der Waals surface area (Å²) in [6.45, 7) is 0. The van der Waals surface area contributed by atoms with Crippen LogP contribution in [0.15, 0.2) is 79.1 Å². The molecule has 2 aromatic carbocycles. The molecule has 0 atom stereocenters. The molecule has 0 N–H and O–H groups in total. The number of hydrogen-bond acceptors (Lipinski definition) is 2. The molecule has 0 saturated carbocycles. The molecule has 1 heterocycles. The van der Waals surface area contributed by atoms with Gasteiger partial charge < -0.3 is 0 Å². The van der Waals surface area contributed by atoms with Crippen molar-refractivity contribution in [2.45, 2.75) is 5.92 Å². The number of hydrogen-bond donors (Lipinski definition) is 0. The van der Waals surface area contributed by atoms with E-state index >= 15 is 0 Å². The Morgan fingerprint density at radius 2 is 1.05 bits per heavy atom. The van der Waals surface area contributed by atoms with E-state index in [0.717, 1.165) is 5.82 Å². The van der Waals surface area contributed by atoms with Crippen LogP contribution in [0.3, 0.4) is 0 Å². The van der Waals surface area contributed by atoms with Gasteiger partial charge in [0.2, 0.25) is 0 Å². The van der Waals surface area contributed by atoms with Crippen LogP contribution in [0.2, 0.25) is 0 Å². The van der Waals surface area contributed by atoms with Gasteiger partial charge in [0.15, 0.2) is 0 Å². The van der Waals surface area contributed by atoms with Crippen molar-refractivity contribution in [3.05, 3.63) is 96.1 Å². The lowest BCUT2D eigenvalue weighted by molar-refractivity contribution is 0.854. The zero-order valence-corrected chi connectivity index (χ0v) is 10.5. The van der Waals surface area contributed by atoms with E-state index in [0.29, 0.717) is 0 Å². The predicted molar refractivity (Wildman–Crippen MR) is 75.9 cm³/mol. The van der Waals surface area contributed by atoms with Gasteiger partial charge in [-0.1, -0.05) is 60.7 Å². The number of rotatable bonds is 3. The Hall–Kier alpha value is -2.48. The Morgan fingerprint density at radius 3 is 1.53 bits per heavy atom. The summed E-state index contributed by atoms with van der Waals surface area (Å²) in [6.07, 6.45) is 3.59. The highest BCUT2D eigenvalue weighted by molar-refractivity contribution is 5.37. The summed E-state index contributed by atoms with van der Waals surface area (Å²) in [4.78, 5) is 8.84. The van der Waals surface area contributed by atoms with E-state index in [-0.39, 0.29) is 5.92 Å². The van der Waals surface area contributed by atoms with Crippen LogP contribution in [0.4, 0.5) is 0 Å². The Kier molecular flexibility index (Phi) is 3.32. The van der Waals surface area contributed by atoms with Crippen molar-refractivity contribution in [3.63, 3.8) is 0 Å². The molecule has 0 spiro atoms. The fourth-order valence-corrected chi connectivity index (χ4v) is 2.24. The first-order chi connectivity index (χ1) is 9.45. The summed E-state index contributed by atoms with van der Waals surface area (Å²) in [6, 6.07) is 22.6. The molecule has 1 aromatic heterocycles. The fourth-order valence-electron chi connectivity index (χ4n) is 2.24. The van der Waals surface area contributed by atoms with Crippen LogP contribution in [0, 0.1) is 0 Å². The van der Waals surface area contributed by atoms with Gasteiger partial charge >= 0.3 is 0 Å². The maximum Gasteiger partial charge on any atom is 0.140 e. The number of nitrogens with zero attached hydrogens (tertiary/aromatic N) is 2. The van der Waals surface area contributed by atoms with Gasteiger partial charge in [-0.2, -0.15) is 0 Å². The number of benzene rings is 2. The van der Waals surface area contributed by atoms with Crippen LogP contribution in [-0.4, -0.2) is 9.97 Å². The minimum Gasteiger partial charge on any atom is -0.240 e. The Morgan fingerprint density at radius 1 is 0.579 bits per heavy atom. The van der Waals surface area contributed by atoms with E-state index < -0.39 is 0 Å². The zero-order chi connectivity index (χ0) is 12.9. The SMILES string of the molecule is c1ccc(C(c2ccccc2)c2ncccn2)cc1. The molecule has 0 aliphatic rings. The molecule has 0 aliphatic heterocycles. The molecule has 0 fully saturated rings. The average Bonchev–Trinajstić information content (AvgIpc) is 2.51. The normalized spacial score (nSPS) is 10.6. The van der Waals surface area contributed by atoms with Gasteiger partial charge in [0.25, 0.3) is 0 Å². The molecule has 0 amide bonds. The van der Waals surface area contributed by atoms with Gasteiger partial charge in [-0.25, -0.2) is 9.97 Å². The number of aromatic nitrogens is 2. The van der Waals surface area contributed by atoms with E-state index in [1.807, 2.05) is 42.5 Å². The van der Waals surface area contributed by atoms with Crippen LogP contribution in [0.1, 0.15) is 22.9 Å². The summed E-state index contributed by atoms with van der Waals surface area (Å²) in [5.41, 5.74) is 2.42. The lowest BCUT2D eigenvalue weighted by Crippen LogP contribution is -2.07. The summed E-state index contributed by atoms with van der Waals surface area (Å²) in [5, 5.41) is 0. The van der Waals surface area contributed by atoms with Gasteiger partial charge in [0, 0.05) is 12.4 Å². The van der Waals surface area contributed by atoms with Gasteiger partial charge in [0.1, 0.15) is 5.82 Å². The topological polar surface area (TPSA) is 25.8 Å². The molecule has 0 unspecified atom stereocenters. The highest BCUT2D eigenvalue weighted by atomic mass is 14.9. The minimum absolute atomic E-state index is 0.0867. The average molecular weight is 246 g/mol. The van der Waals surface area contributed by atoms with Crippen LogP contribution in [-0.2, 0) is 0 Å². The molecule has 3 aromatic rings. The largest absolute Gasteiger partial charge is 0.240 e. The molecular weight excluding hydrogens is 232 g/mol. The highest BCUT2D eigenvalue weighted by Crippen LogP contribution is 2.28. The second kappa shape index (κ2) is 5.44. The van der Waals surface area contributed by atoms with Crippen molar-refractivity contribution in [3.8, 4) is 0 Å². The summed E-state index contributed by atoms with van der Waals surface area (Å²) < 4.78 is 0. The Bertz CT molecular complexity index is 527. The van der Waals surface area contributed by atoms with E-state index in [9.17, 15) is 0 Å². The van der Waals surface area contributed by atoms with Crippen molar-refractivity contribution >= 4 is 0 Å². The molecular formula is C17H14N2. The van der Waals surface area contributed by atoms with Gasteiger partial charge in [0.05, 0.1) is 5.92 Å². The molecule has 0 aliphatic carbocycles. The maximum absolute atomic E-state index is 4.42. The van der Waals surface area contributed by atoms with E-state index in [4.69, 9.17) is 0 Å². The molecule has 0 saturated heterocycles. The Balaban J connectivity index is 2.12. The van der Waals surface area contributed by atoms with Gasteiger partial charge in [-0.3, -0.25) is 0 Å². The minimum atomic E-state index is 0.0867. The standard InChI is InChI=1S/C17H14N2/c1-3-8-14(9-4-1)16(15-10-5-2-6-11-15)17-18-12-7-13-19-17/h1-13,16H. The summed E-state index contributed by atoms with van der Waals surface area (Å²) >= 11 is 0. The van der Waals surface area contributed by atoms with Crippen LogP contribution < -0.4 is 0 Å². The van der Waals surface area contributed by atoms with Crippen molar-refractivity contribution in [1.82, 2.24) is 9.97 Å². The molecule has 19 heavy (non-hydrogen) atoms. The third-order valence-electron chi connectivity index (χ3n) is 3.11. The predicted octanol–water partition coefficient (Wildman–Crippen LogP) is 3.66. The monoisotopic (exact) mass is 246 g/mol.